The number of nitrogens with zero attached hydrogens (tertiary/aromatic N) is 2. The minimum Gasteiger partial charge on any atom is -0.379 e. The highest BCUT2D eigenvalue weighted by atomic mass is 16.5. The molecular weight excluding hydrogens is 248 g/mol. The second kappa shape index (κ2) is 5.00. The van der Waals surface area contributed by atoms with Gasteiger partial charge in [-0.05, 0) is 12.8 Å². The Morgan fingerprint density at radius 1 is 1.53 bits per heavy atom. The fourth-order valence-electron chi connectivity index (χ4n) is 2.37. The standard InChI is InChI=1S/C12H16N4O3/c17-11-2-1-10(15-11)12(18)14-8-5-13-16(6-8)9-3-4-19-7-9/h5-6,9-10H,1-4,7H2,(H,14,18)(H,15,17). The van der Waals surface area contributed by atoms with Gasteiger partial charge in [0.05, 0.1) is 24.5 Å². The Morgan fingerprint density at radius 3 is 3.11 bits per heavy atom. The molecule has 0 radical (unpaired) electrons. The minimum atomic E-state index is -0.425. The number of hydrogen-bond donors (Lipinski definition) is 2. The summed E-state index contributed by atoms with van der Waals surface area (Å²) in [5.74, 6) is -0.257. The van der Waals surface area contributed by atoms with Gasteiger partial charge in [0.1, 0.15) is 6.04 Å². The molecule has 2 saturated heterocycles. The molecule has 7 heteroatoms. The largest absolute Gasteiger partial charge is 0.379 e. The fraction of sp³-hybridized carbons (Fsp3) is 0.583. The summed E-state index contributed by atoms with van der Waals surface area (Å²) in [6.45, 7) is 1.41. The summed E-state index contributed by atoms with van der Waals surface area (Å²) in [6.07, 6.45) is 5.32. The lowest BCUT2D eigenvalue weighted by Gasteiger charge is -2.09. The average molecular weight is 264 g/mol. The van der Waals surface area contributed by atoms with Gasteiger partial charge in [0, 0.05) is 19.2 Å². The van der Waals surface area contributed by atoms with Crippen molar-refractivity contribution in [2.45, 2.75) is 31.3 Å². The number of anilines is 1. The molecule has 1 aromatic heterocycles. The number of nitrogens with one attached hydrogen (secondary N) is 2. The van der Waals surface area contributed by atoms with Crippen LogP contribution in [0.4, 0.5) is 5.69 Å². The molecule has 2 aliphatic rings. The number of carbonyl (C=O) groups excluding carboxylic acids is 2. The van der Waals surface area contributed by atoms with Gasteiger partial charge in [-0.3, -0.25) is 14.3 Å². The minimum absolute atomic E-state index is 0.0704. The first-order chi connectivity index (χ1) is 9.22. The lowest BCUT2D eigenvalue weighted by molar-refractivity contribution is -0.122. The van der Waals surface area contributed by atoms with Crippen molar-refractivity contribution in [1.29, 1.82) is 0 Å². The molecule has 0 aromatic carbocycles. The quantitative estimate of drug-likeness (QED) is 0.808. The molecule has 0 saturated carbocycles. The smallest absolute Gasteiger partial charge is 0.247 e. The third-order valence-electron chi connectivity index (χ3n) is 3.46. The first-order valence-corrected chi connectivity index (χ1v) is 6.44. The van der Waals surface area contributed by atoms with E-state index in [0.29, 0.717) is 25.1 Å². The van der Waals surface area contributed by atoms with Crippen molar-refractivity contribution < 1.29 is 14.3 Å². The van der Waals surface area contributed by atoms with Crippen molar-refractivity contribution in [3.05, 3.63) is 12.4 Å². The molecule has 1 aromatic rings. The lowest BCUT2D eigenvalue weighted by atomic mass is 10.2. The van der Waals surface area contributed by atoms with E-state index in [0.717, 1.165) is 13.0 Å². The van der Waals surface area contributed by atoms with Crippen LogP contribution in [0.25, 0.3) is 0 Å². The monoisotopic (exact) mass is 264 g/mol. The van der Waals surface area contributed by atoms with Crippen molar-refractivity contribution in [3.8, 4) is 0 Å². The molecule has 2 N–H and O–H groups in total. The second-order valence-corrected chi connectivity index (χ2v) is 4.87. The molecule has 0 spiro atoms. The van der Waals surface area contributed by atoms with Crippen LogP contribution in [0.2, 0.25) is 0 Å². The summed E-state index contributed by atoms with van der Waals surface area (Å²) in [5, 5.41) is 9.64. The first-order valence-electron chi connectivity index (χ1n) is 6.44. The van der Waals surface area contributed by atoms with Crippen LogP contribution in [0.3, 0.4) is 0 Å². The lowest BCUT2D eigenvalue weighted by Crippen LogP contribution is -2.37. The molecule has 3 heterocycles. The molecular formula is C12H16N4O3. The molecule has 3 rings (SSSR count). The van der Waals surface area contributed by atoms with Crippen molar-refractivity contribution in [3.63, 3.8) is 0 Å². The zero-order valence-electron chi connectivity index (χ0n) is 10.5. The van der Waals surface area contributed by atoms with Crippen LogP contribution in [-0.4, -0.2) is 40.9 Å². The van der Waals surface area contributed by atoms with Gasteiger partial charge in [-0.15, -0.1) is 0 Å². The van der Waals surface area contributed by atoms with Crippen LogP contribution in [-0.2, 0) is 14.3 Å². The van der Waals surface area contributed by atoms with E-state index in [1.807, 2.05) is 4.68 Å². The first kappa shape index (κ1) is 12.2. The van der Waals surface area contributed by atoms with Gasteiger partial charge in [-0.25, -0.2) is 0 Å². The van der Waals surface area contributed by atoms with Gasteiger partial charge in [-0.2, -0.15) is 5.10 Å². The highest BCUT2D eigenvalue weighted by Gasteiger charge is 2.27. The van der Waals surface area contributed by atoms with Crippen molar-refractivity contribution in [1.82, 2.24) is 15.1 Å². The van der Waals surface area contributed by atoms with Gasteiger partial charge in [0.2, 0.25) is 11.8 Å². The molecule has 2 aliphatic heterocycles. The van der Waals surface area contributed by atoms with E-state index in [1.54, 1.807) is 12.4 Å². The Labute approximate surface area is 110 Å². The summed E-state index contributed by atoms with van der Waals surface area (Å²) in [4.78, 5) is 23.0. The highest BCUT2D eigenvalue weighted by molar-refractivity contribution is 5.98. The Bertz CT molecular complexity index is 493. The van der Waals surface area contributed by atoms with Gasteiger partial charge in [0.25, 0.3) is 0 Å². The second-order valence-electron chi connectivity index (χ2n) is 4.87. The van der Waals surface area contributed by atoms with Crippen LogP contribution < -0.4 is 10.6 Å². The SMILES string of the molecule is O=C1CCC(C(=O)Nc2cnn(C3CCOC3)c2)N1. The molecule has 0 aliphatic carbocycles. The molecule has 7 nitrogen and oxygen atoms in total. The van der Waals surface area contributed by atoms with Crippen molar-refractivity contribution in [2.24, 2.45) is 0 Å². The van der Waals surface area contributed by atoms with Gasteiger partial charge in [0.15, 0.2) is 0 Å². The summed E-state index contributed by atoms with van der Waals surface area (Å²) >= 11 is 0. The van der Waals surface area contributed by atoms with E-state index in [9.17, 15) is 9.59 Å². The number of aromatic nitrogens is 2. The maximum Gasteiger partial charge on any atom is 0.247 e. The Hall–Kier alpha value is -1.89. The average Bonchev–Trinajstić information content (AvgIpc) is 3.07. The molecule has 0 bridgehead atoms. The molecule has 2 fully saturated rings. The van der Waals surface area contributed by atoms with Crippen LogP contribution >= 0.6 is 0 Å². The highest BCUT2D eigenvalue weighted by Crippen LogP contribution is 2.20. The van der Waals surface area contributed by atoms with E-state index in [-0.39, 0.29) is 17.9 Å². The van der Waals surface area contributed by atoms with Gasteiger partial charge >= 0.3 is 0 Å². The van der Waals surface area contributed by atoms with Crippen LogP contribution in [0.15, 0.2) is 12.4 Å². The van der Waals surface area contributed by atoms with Crippen LogP contribution in [0.1, 0.15) is 25.3 Å². The summed E-state index contributed by atoms with van der Waals surface area (Å²) in [5.41, 5.74) is 0.651. The third-order valence-corrected chi connectivity index (χ3v) is 3.46. The number of amides is 2. The Kier molecular flexibility index (Phi) is 3.20. The maximum absolute atomic E-state index is 11.9. The zero-order chi connectivity index (χ0) is 13.2. The zero-order valence-corrected chi connectivity index (χ0v) is 10.5. The third kappa shape index (κ3) is 2.60. The Morgan fingerprint density at radius 2 is 2.42 bits per heavy atom. The summed E-state index contributed by atoms with van der Waals surface area (Å²) < 4.78 is 7.11. The molecule has 2 unspecified atom stereocenters. The van der Waals surface area contributed by atoms with Crippen LogP contribution in [0, 0.1) is 0 Å². The molecule has 19 heavy (non-hydrogen) atoms. The van der Waals surface area contributed by atoms with E-state index in [4.69, 9.17) is 4.74 Å². The number of hydrogen-bond acceptors (Lipinski definition) is 4. The van der Waals surface area contributed by atoms with Crippen molar-refractivity contribution in [2.75, 3.05) is 18.5 Å². The normalized spacial score (nSPS) is 26.4. The van der Waals surface area contributed by atoms with E-state index >= 15 is 0 Å². The number of ether oxygens (including phenoxy) is 1. The van der Waals surface area contributed by atoms with Crippen LogP contribution in [0.5, 0.6) is 0 Å². The predicted molar refractivity (Wildman–Crippen MR) is 66.5 cm³/mol. The van der Waals surface area contributed by atoms with Gasteiger partial charge in [-0.1, -0.05) is 0 Å². The summed E-state index contributed by atoms with van der Waals surface area (Å²) in [7, 11) is 0. The predicted octanol–water partition coefficient (Wildman–Crippen LogP) is 0.0616. The molecule has 102 valence electrons. The number of rotatable bonds is 3. The molecule has 2 amide bonds. The Balaban J connectivity index is 1.60. The summed E-state index contributed by atoms with van der Waals surface area (Å²) in [6, 6.07) is -0.178. The van der Waals surface area contributed by atoms with E-state index in [1.165, 1.54) is 0 Å². The molecule has 2 atom stereocenters. The topological polar surface area (TPSA) is 85.2 Å². The van der Waals surface area contributed by atoms with E-state index in [2.05, 4.69) is 15.7 Å². The van der Waals surface area contributed by atoms with Gasteiger partial charge < -0.3 is 15.4 Å². The number of carbonyl (C=O) groups is 2. The van der Waals surface area contributed by atoms with E-state index < -0.39 is 6.04 Å². The van der Waals surface area contributed by atoms with Crippen molar-refractivity contribution >= 4 is 17.5 Å². The maximum atomic E-state index is 11.9. The fourth-order valence-corrected chi connectivity index (χ4v) is 2.37.